The Morgan fingerprint density at radius 2 is 1.88 bits per heavy atom. The Bertz CT molecular complexity index is 1220. The molecule has 0 aliphatic carbocycles. The number of hydrogen-bond donors (Lipinski definition) is 3. The van der Waals surface area contributed by atoms with Gasteiger partial charge < -0.3 is 21.1 Å². The van der Waals surface area contributed by atoms with Gasteiger partial charge in [0, 0.05) is 18.2 Å². The molecule has 0 spiro atoms. The molecule has 4 N–H and O–H groups in total. The summed E-state index contributed by atoms with van der Waals surface area (Å²) in [6.45, 7) is 1.62. The van der Waals surface area contributed by atoms with Crippen molar-refractivity contribution in [2.45, 2.75) is 44.0 Å². The van der Waals surface area contributed by atoms with Crippen LogP contribution in [-0.2, 0) is 9.84 Å². The van der Waals surface area contributed by atoms with Crippen LogP contribution in [0.3, 0.4) is 0 Å². The lowest BCUT2D eigenvalue weighted by atomic mass is 9.81. The van der Waals surface area contributed by atoms with Gasteiger partial charge in [-0.15, -0.1) is 0 Å². The van der Waals surface area contributed by atoms with Crippen LogP contribution in [0.5, 0.6) is 0 Å². The molecule has 1 unspecified atom stereocenters. The lowest BCUT2D eigenvalue weighted by Crippen LogP contribution is -2.54. The van der Waals surface area contributed by atoms with Crippen LogP contribution in [0.4, 0.5) is 24.8 Å². The Morgan fingerprint density at radius 1 is 1.24 bits per heavy atom. The molecular formula is C22H26F3N5O3S. The van der Waals surface area contributed by atoms with E-state index < -0.39 is 45.5 Å². The molecule has 1 aromatic heterocycles. The monoisotopic (exact) mass is 497 g/mol. The lowest BCUT2D eigenvalue weighted by Gasteiger charge is -2.42. The highest BCUT2D eigenvalue weighted by atomic mass is 32.2. The second-order valence-corrected chi connectivity index (χ2v) is 11.1. The van der Waals surface area contributed by atoms with E-state index in [0.29, 0.717) is 22.8 Å². The van der Waals surface area contributed by atoms with E-state index in [0.717, 1.165) is 6.07 Å². The summed E-state index contributed by atoms with van der Waals surface area (Å²) in [7, 11) is -1.56. The average Bonchev–Trinajstić information content (AvgIpc) is 2.78. The van der Waals surface area contributed by atoms with Crippen molar-refractivity contribution < 1.29 is 26.7 Å². The van der Waals surface area contributed by atoms with Crippen molar-refractivity contribution in [1.82, 2.24) is 9.97 Å². The number of nitrogens with zero attached hydrogens (tertiary/aromatic N) is 3. The molecule has 184 valence electrons. The highest BCUT2D eigenvalue weighted by Gasteiger charge is 2.43. The minimum absolute atomic E-state index is 0.0475. The van der Waals surface area contributed by atoms with Gasteiger partial charge in [-0.25, -0.2) is 31.6 Å². The van der Waals surface area contributed by atoms with Crippen molar-refractivity contribution in [2.75, 3.05) is 28.8 Å². The molecule has 2 aromatic rings. The molecule has 0 saturated carbocycles. The van der Waals surface area contributed by atoms with Crippen LogP contribution >= 0.6 is 0 Å². The largest absolute Gasteiger partial charge is 0.369 e. The number of alkyl halides is 2. The number of likely N-dealkylation sites (N-methyl/N-ethyl adjacent to an activating group) is 1. The smallest absolute Gasteiger partial charge is 0.266 e. The first kappa shape index (κ1) is 24.4. The van der Waals surface area contributed by atoms with Crippen molar-refractivity contribution in [2.24, 2.45) is 5.73 Å². The normalized spacial score (nSPS) is 22.2. The minimum Gasteiger partial charge on any atom is -0.369 e. The highest BCUT2D eigenvalue weighted by Crippen LogP contribution is 2.40. The van der Waals surface area contributed by atoms with E-state index in [1.165, 1.54) is 23.4 Å². The molecule has 0 bridgehead atoms. The predicted molar refractivity (Wildman–Crippen MR) is 123 cm³/mol. The number of sulfone groups is 1. The van der Waals surface area contributed by atoms with E-state index in [-0.39, 0.29) is 29.9 Å². The average molecular weight is 498 g/mol. The molecule has 3 heterocycles. The number of aliphatic hydroxyl groups excluding tert-OH is 1. The van der Waals surface area contributed by atoms with Gasteiger partial charge in [-0.1, -0.05) is 18.2 Å². The number of benzene rings is 1. The summed E-state index contributed by atoms with van der Waals surface area (Å²) in [4.78, 5) is 9.98. The maximum absolute atomic E-state index is 14.7. The number of rotatable bonds is 5. The third kappa shape index (κ3) is 4.37. The lowest BCUT2D eigenvalue weighted by molar-refractivity contribution is 0.146. The first-order valence-electron chi connectivity index (χ1n) is 10.7. The summed E-state index contributed by atoms with van der Waals surface area (Å²) in [5.74, 6) is -0.486. The van der Waals surface area contributed by atoms with Gasteiger partial charge in [0.05, 0.1) is 28.7 Å². The molecule has 1 fully saturated rings. The van der Waals surface area contributed by atoms with Gasteiger partial charge in [0.15, 0.2) is 6.23 Å². The van der Waals surface area contributed by atoms with Crippen LogP contribution in [0.15, 0.2) is 30.1 Å². The van der Waals surface area contributed by atoms with E-state index >= 15 is 0 Å². The molecule has 34 heavy (non-hydrogen) atoms. The molecule has 4 rings (SSSR count). The third-order valence-electron chi connectivity index (χ3n) is 6.55. The number of halogens is 3. The zero-order valence-electron chi connectivity index (χ0n) is 18.7. The fourth-order valence-corrected chi connectivity index (χ4v) is 5.97. The topological polar surface area (TPSA) is 121 Å². The van der Waals surface area contributed by atoms with Crippen LogP contribution in [0.2, 0.25) is 0 Å². The summed E-state index contributed by atoms with van der Waals surface area (Å²) in [5, 5.41) is 14.0. The second-order valence-electron chi connectivity index (χ2n) is 8.77. The number of aromatic nitrogens is 2. The molecule has 2 aliphatic heterocycles. The van der Waals surface area contributed by atoms with E-state index in [2.05, 4.69) is 15.3 Å². The van der Waals surface area contributed by atoms with E-state index in [4.69, 9.17) is 5.73 Å². The molecular weight excluding hydrogens is 471 g/mol. The number of hydrogen-bond acceptors (Lipinski definition) is 8. The number of aliphatic hydroxyl groups is 1. The van der Waals surface area contributed by atoms with Gasteiger partial charge in [-0.05, 0) is 31.4 Å². The zero-order chi connectivity index (χ0) is 24.8. The standard InChI is InChI=1S/C22H26F3N5O3S/c1-12(13-4-3-5-14(17(13)23)18(24)25)29-19-15-10-16(21(31)30(2)20(15)28-11-27-19)22(26)6-8-34(32,33)9-7-22/h3-5,10-12,18,21,31H,6-9,26H2,1-2H3,(H,27,28,29)/t12-,21?/m1/s1. The maximum Gasteiger partial charge on any atom is 0.266 e. The van der Waals surface area contributed by atoms with Crippen molar-refractivity contribution in [3.63, 3.8) is 0 Å². The van der Waals surface area contributed by atoms with Crippen molar-refractivity contribution in [3.05, 3.63) is 52.6 Å². The van der Waals surface area contributed by atoms with Crippen molar-refractivity contribution in [3.8, 4) is 0 Å². The second kappa shape index (κ2) is 8.82. The number of nitrogens with one attached hydrogen (secondary N) is 1. The quantitative estimate of drug-likeness (QED) is 0.577. The summed E-state index contributed by atoms with van der Waals surface area (Å²) < 4.78 is 64.8. The third-order valence-corrected chi connectivity index (χ3v) is 8.20. The van der Waals surface area contributed by atoms with Crippen molar-refractivity contribution >= 4 is 27.5 Å². The minimum atomic E-state index is -3.18. The molecule has 0 radical (unpaired) electrons. The fraction of sp³-hybridized carbons (Fsp3) is 0.455. The number of nitrogens with two attached hydrogens (primary N) is 1. The van der Waals surface area contributed by atoms with Crippen LogP contribution in [0.1, 0.15) is 48.9 Å². The van der Waals surface area contributed by atoms with Crippen LogP contribution in [0.25, 0.3) is 6.08 Å². The SMILES string of the molecule is C[C@@H](Nc1ncnc2c1C=C(C1(N)CCS(=O)(=O)CC1)C(O)N2C)c1cccc(C(F)F)c1F. The van der Waals surface area contributed by atoms with Gasteiger partial charge in [-0.3, -0.25) is 0 Å². The van der Waals surface area contributed by atoms with Gasteiger partial charge in [0.2, 0.25) is 0 Å². The van der Waals surface area contributed by atoms with Gasteiger partial charge >= 0.3 is 0 Å². The Hall–Kier alpha value is -2.70. The molecule has 12 heteroatoms. The van der Waals surface area contributed by atoms with Gasteiger partial charge in [-0.2, -0.15) is 0 Å². The first-order chi connectivity index (χ1) is 15.9. The van der Waals surface area contributed by atoms with Crippen LogP contribution in [0, 0.1) is 5.82 Å². The summed E-state index contributed by atoms with van der Waals surface area (Å²) in [6, 6.07) is 3.10. The molecule has 0 amide bonds. The fourth-order valence-electron chi connectivity index (χ4n) is 4.42. The van der Waals surface area contributed by atoms with E-state index in [9.17, 15) is 26.7 Å². The molecule has 1 saturated heterocycles. The maximum atomic E-state index is 14.7. The molecule has 2 atom stereocenters. The Kier molecular flexibility index (Phi) is 6.34. The Balaban J connectivity index is 1.71. The predicted octanol–water partition coefficient (Wildman–Crippen LogP) is 2.78. The summed E-state index contributed by atoms with van der Waals surface area (Å²) in [6.07, 6.45) is -0.857. The molecule has 2 aliphatic rings. The first-order valence-corrected chi connectivity index (χ1v) is 12.6. The number of fused-ring (bicyclic) bond motifs is 1. The van der Waals surface area contributed by atoms with Crippen LogP contribution < -0.4 is 16.0 Å². The Labute approximate surface area is 195 Å². The highest BCUT2D eigenvalue weighted by molar-refractivity contribution is 7.91. The van der Waals surface area contributed by atoms with Gasteiger partial charge in [0.25, 0.3) is 6.43 Å². The van der Waals surface area contributed by atoms with Crippen LogP contribution in [-0.4, -0.2) is 53.8 Å². The van der Waals surface area contributed by atoms with Gasteiger partial charge in [0.1, 0.15) is 33.6 Å². The Morgan fingerprint density at radius 3 is 2.53 bits per heavy atom. The summed E-state index contributed by atoms with van der Waals surface area (Å²) >= 11 is 0. The number of anilines is 2. The molecule has 8 nitrogen and oxygen atoms in total. The molecule has 1 aromatic carbocycles. The van der Waals surface area contributed by atoms with E-state index in [1.54, 1.807) is 20.0 Å². The van der Waals surface area contributed by atoms with E-state index in [1.807, 2.05) is 0 Å². The summed E-state index contributed by atoms with van der Waals surface area (Å²) in [5.41, 5.74) is 5.79. The zero-order valence-corrected chi connectivity index (χ0v) is 19.5. The van der Waals surface area contributed by atoms with Crippen molar-refractivity contribution in [1.29, 1.82) is 0 Å².